The Balaban J connectivity index is 1.47. The van der Waals surface area contributed by atoms with Gasteiger partial charge in [0, 0.05) is 24.7 Å². The number of benzene rings is 1. The predicted molar refractivity (Wildman–Crippen MR) is 109 cm³/mol. The number of piperidine rings is 1. The highest BCUT2D eigenvalue weighted by Crippen LogP contribution is 2.30. The molecule has 1 N–H and O–H groups in total. The number of halogens is 1. The number of hydrogen-bond donors (Lipinski definition) is 1. The van der Waals surface area contributed by atoms with Crippen LogP contribution < -0.4 is 10.2 Å². The van der Waals surface area contributed by atoms with Crippen molar-refractivity contribution in [2.75, 3.05) is 43.4 Å². The molecule has 0 bridgehead atoms. The molecule has 4 rings (SSSR count). The van der Waals surface area contributed by atoms with Gasteiger partial charge < -0.3 is 15.1 Å². The number of carbonyl (C=O) groups excluding carboxylic acids is 1. The Morgan fingerprint density at radius 3 is 2.59 bits per heavy atom. The first-order valence-corrected chi connectivity index (χ1v) is 10.1. The van der Waals surface area contributed by atoms with Crippen LogP contribution in [-0.2, 0) is 0 Å². The van der Waals surface area contributed by atoms with Crippen molar-refractivity contribution in [1.29, 1.82) is 0 Å². The van der Waals surface area contributed by atoms with Gasteiger partial charge in [0.1, 0.15) is 5.82 Å². The van der Waals surface area contributed by atoms with Crippen LogP contribution in [0.4, 0.5) is 11.5 Å². The Kier molecular flexibility index (Phi) is 5.36. The van der Waals surface area contributed by atoms with Crippen molar-refractivity contribution in [3.63, 3.8) is 0 Å². The first-order chi connectivity index (χ1) is 13.1. The second kappa shape index (κ2) is 7.90. The van der Waals surface area contributed by atoms with E-state index in [1.165, 1.54) is 12.8 Å². The maximum Gasteiger partial charge on any atom is 0.256 e. The molecule has 0 aliphatic carbocycles. The fourth-order valence-electron chi connectivity index (χ4n) is 3.99. The van der Waals surface area contributed by atoms with Crippen LogP contribution in [0.5, 0.6) is 0 Å². The molecule has 144 valence electrons. The van der Waals surface area contributed by atoms with E-state index in [-0.39, 0.29) is 5.91 Å². The summed E-state index contributed by atoms with van der Waals surface area (Å²) < 4.78 is 1.95. The van der Waals surface area contributed by atoms with E-state index in [1.807, 2.05) is 22.9 Å². The van der Waals surface area contributed by atoms with Crippen LogP contribution in [0.3, 0.4) is 0 Å². The SMILES string of the molecule is CN1CCC(n2nccc2NC(=O)c2ccc(N3CCCC3)c(Cl)c2)CC1. The number of likely N-dealkylation sites (tertiary alicyclic amines) is 1. The molecule has 0 atom stereocenters. The van der Waals surface area contributed by atoms with E-state index in [9.17, 15) is 4.79 Å². The van der Waals surface area contributed by atoms with Gasteiger partial charge in [-0.1, -0.05) is 11.6 Å². The lowest BCUT2D eigenvalue weighted by atomic mass is 10.1. The largest absolute Gasteiger partial charge is 0.370 e. The van der Waals surface area contributed by atoms with E-state index >= 15 is 0 Å². The zero-order valence-electron chi connectivity index (χ0n) is 15.7. The molecule has 0 radical (unpaired) electrons. The molecule has 2 aliphatic rings. The average Bonchev–Trinajstić information content (AvgIpc) is 3.34. The first-order valence-electron chi connectivity index (χ1n) is 9.70. The molecule has 2 saturated heterocycles. The standard InChI is InChI=1S/C20H26ClN5O/c1-24-12-7-16(8-13-24)26-19(6-9-22-26)23-20(27)15-4-5-18(17(21)14-15)25-10-2-3-11-25/h4-6,9,14,16H,2-3,7-8,10-13H2,1H3,(H,23,27). The van der Waals surface area contributed by atoms with Crippen LogP contribution in [0.1, 0.15) is 42.1 Å². The molecule has 0 saturated carbocycles. The smallest absolute Gasteiger partial charge is 0.256 e. The van der Waals surface area contributed by atoms with Gasteiger partial charge in [0.25, 0.3) is 5.91 Å². The normalized spacial score (nSPS) is 18.8. The minimum Gasteiger partial charge on any atom is -0.370 e. The molecule has 27 heavy (non-hydrogen) atoms. The number of carbonyl (C=O) groups is 1. The predicted octanol–water partition coefficient (Wildman–Crippen LogP) is 3.66. The maximum absolute atomic E-state index is 12.8. The quantitative estimate of drug-likeness (QED) is 0.869. The molecule has 0 unspecified atom stereocenters. The summed E-state index contributed by atoms with van der Waals surface area (Å²) in [6.45, 7) is 4.15. The molecule has 1 aromatic carbocycles. The summed E-state index contributed by atoms with van der Waals surface area (Å²) in [5, 5.41) is 8.09. The maximum atomic E-state index is 12.8. The molecule has 2 aliphatic heterocycles. The number of anilines is 2. The van der Waals surface area contributed by atoms with Crippen molar-refractivity contribution >= 4 is 29.0 Å². The lowest BCUT2D eigenvalue weighted by Gasteiger charge is -2.30. The minimum atomic E-state index is -0.153. The third-order valence-electron chi connectivity index (χ3n) is 5.60. The van der Waals surface area contributed by atoms with Gasteiger partial charge in [-0.25, -0.2) is 4.68 Å². The highest BCUT2D eigenvalue weighted by Gasteiger charge is 2.22. The number of hydrogen-bond acceptors (Lipinski definition) is 4. The third-order valence-corrected chi connectivity index (χ3v) is 5.91. The van der Waals surface area contributed by atoms with Gasteiger partial charge in [-0.15, -0.1) is 0 Å². The second-order valence-corrected chi connectivity index (χ2v) is 7.92. The average molecular weight is 388 g/mol. The van der Waals surface area contributed by atoms with Crippen LogP contribution >= 0.6 is 11.6 Å². The van der Waals surface area contributed by atoms with Crippen LogP contribution in [0.2, 0.25) is 5.02 Å². The van der Waals surface area contributed by atoms with E-state index in [2.05, 4.69) is 27.3 Å². The first kappa shape index (κ1) is 18.3. The van der Waals surface area contributed by atoms with E-state index in [0.717, 1.165) is 50.5 Å². The van der Waals surface area contributed by atoms with Gasteiger partial charge in [0.15, 0.2) is 0 Å². The molecular weight excluding hydrogens is 362 g/mol. The van der Waals surface area contributed by atoms with Gasteiger partial charge in [0.2, 0.25) is 0 Å². The fraction of sp³-hybridized carbons (Fsp3) is 0.500. The molecule has 2 aromatic rings. The number of nitrogens with one attached hydrogen (secondary N) is 1. The highest BCUT2D eigenvalue weighted by molar-refractivity contribution is 6.33. The number of aromatic nitrogens is 2. The van der Waals surface area contributed by atoms with Gasteiger partial charge >= 0.3 is 0 Å². The summed E-state index contributed by atoms with van der Waals surface area (Å²) in [4.78, 5) is 17.3. The molecule has 1 amide bonds. The molecule has 3 heterocycles. The van der Waals surface area contributed by atoms with Crippen LogP contribution in [0.15, 0.2) is 30.5 Å². The Morgan fingerprint density at radius 2 is 1.89 bits per heavy atom. The Hall–Kier alpha value is -2.05. The van der Waals surface area contributed by atoms with Crippen molar-refractivity contribution < 1.29 is 4.79 Å². The summed E-state index contributed by atoms with van der Waals surface area (Å²) in [6, 6.07) is 7.76. The van der Waals surface area contributed by atoms with Crippen molar-refractivity contribution in [3.05, 3.63) is 41.0 Å². The lowest BCUT2D eigenvalue weighted by molar-refractivity contribution is 0.102. The van der Waals surface area contributed by atoms with Gasteiger partial charge in [-0.3, -0.25) is 4.79 Å². The van der Waals surface area contributed by atoms with Gasteiger partial charge in [0.05, 0.1) is 22.9 Å². The highest BCUT2D eigenvalue weighted by atomic mass is 35.5. The molecule has 2 fully saturated rings. The van der Waals surface area contributed by atoms with E-state index in [4.69, 9.17) is 11.6 Å². The molecular formula is C20H26ClN5O. The monoisotopic (exact) mass is 387 g/mol. The van der Waals surface area contributed by atoms with Crippen molar-refractivity contribution in [2.45, 2.75) is 31.7 Å². The fourth-order valence-corrected chi connectivity index (χ4v) is 4.29. The van der Waals surface area contributed by atoms with Crippen LogP contribution in [0.25, 0.3) is 0 Å². The molecule has 6 nitrogen and oxygen atoms in total. The third kappa shape index (κ3) is 3.96. The summed E-state index contributed by atoms with van der Waals surface area (Å²) in [5.74, 6) is 0.592. The number of rotatable bonds is 4. The molecule has 1 aromatic heterocycles. The Morgan fingerprint density at radius 1 is 1.15 bits per heavy atom. The van der Waals surface area contributed by atoms with Gasteiger partial charge in [-0.2, -0.15) is 5.10 Å². The van der Waals surface area contributed by atoms with Crippen molar-refractivity contribution in [2.24, 2.45) is 0 Å². The summed E-state index contributed by atoms with van der Waals surface area (Å²) >= 11 is 6.46. The molecule has 0 spiro atoms. The van der Waals surface area contributed by atoms with Gasteiger partial charge in [-0.05, 0) is 64.0 Å². The Labute approximate surface area is 165 Å². The number of amides is 1. The summed E-state index contributed by atoms with van der Waals surface area (Å²) in [5.41, 5.74) is 1.58. The lowest BCUT2D eigenvalue weighted by Crippen LogP contribution is -2.32. The molecule has 7 heteroatoms. The van der Waals surface area contributed by atoms with Crippen molar-refractivity contribution in [1.82, 2.24) is 14.7 Å². The van der Waals surface area contributed by atoms with Crippen LogP contribution in [-0.4, -0.2) is 53.8 Å². The minimum absolute atomic E-state index is 0.153. The second-order valence-electron chi connectivity index (χ2n) is 7.51. The van der Waals surface area contributed by atoms with E-state index < -0.39 is 0 Å². The van der Waals surface area contributed by atoms with Crippen molar-refractivity contribution in [3.8, 4) is 0 Å². The summed E-state index contributed by atoms with van der Waals surface area (Å²) in [6.07, 6.45) is 6.21. The zero-order valence-corrected chi connectivity index (χ0v) is 16.5. The summed E-state index contributed by atoms with van der Waals surface area (Å²) in [7, 11) is 2.14. The Bertz CT molecular complexity index is 806. The zero-order chi connectivity index (χ0) is 18.8. The van der Waals surface area contributed by atoms with Crippen LogP contribution in [0, 0.1) is 0 Å². The topological polar surface area (TPSA) is 53.4 Å². The van der Waals surface area contributed by atoms with E-state index in [0.29, 0.717) is 16.6 Å². The number of nitrogens with zero attached hydrogens (tertiary/aromatic N) is 4. The van der Waals surface area contributed by atoms with E-state index in [1.54, 1.807) is 12.3 Å².